The topological polar surface area (TPSA) is 29.3 Å². The van der Waals surface area contributed by atoms with Crippen LogP contribution in [0.3, 0.4) is 0 Å². The summed E-state index contributed by atoms with van der Waals surface area (Å²) in [5.41, 5.74) is 6.88. The molecule has 0 radical (unpaired) electrons. The van der Waals surface area contributed by atoms with Gasteiger partial charge in [0, 0.05) is 30.7 Å². The summed E-state index contributed by atoms with van der Waals surface area (Å²) in [5, 5.41) is 0. The maximum atomic E-state index is 12.7. The molecule has 106 valence electrons. The Bertz CT molecular complexity index is 409. The number of alkyl halides is 2. The van der Waals surface area contributed by atoms with Gasteiger partial charge in [0.1, 0.15) is 0 Å². The van der Waals surface area contributed by atoms with E-state index in [2.05, 4.69) is 11.8 Å². The first-order valence-electron chi connectivity index (χ1n) is 6.94. The van der Waals surface area contributed by atoms with Crippen LogP contribution in [0.1, 0.15) is 43.7 Å². The molecule has 2 N–H and O–H groups in total. The van der Waals surface area contributed by atoms with E-state index in [1.54, 1.807) is 12.1 Å². The summed E-state index contributed by atoms with van der Waals surface area (Å²) >= 11 is 0. The molecule has 1 aromatic carbocycles. The van der Waals surface area contributed by atoms with Gasteiger partial charge in [0.25, 0.3) is 6.43 Å². The van der Waals surface area contributed by atoms with Gasteiger partial charge in [0.15, 0.2) is 0 Å². The lowest BCUT2D eigenvalue weighted by Crippen LogP contribution is -2.48. The van der Waals surface area contributed by atoms with E-state index in [9.17, 15) is 8.78 Å². The van der Waals surface area contributed by atoms with Crippen LogP contribution >= 0.6 is 0 Å². The largest absolute Gasteiger partial charge is 0.329 e. The van der Waals surface area contributed by atoms with E-state index in [4.69, 9.17) is 5.73 Å². The standard InChI is InChI=1S/C15H22F2N2/c1-11-4-2-7-14(9-18)19(11)10-12-5-3-6-13(8-12)15(16)17/h3,5-6,8,11,14-15H,2,4,7,9-10,18H2,1H3. The second-order valence-corrected chi connectivity index (χ2v) is 5.39. The Morgan fingerprint density at radius 2 is 2.16 bits per heavy atom. The van der Waals surface area contributed by atoms with Crippen molar-refractivity contribution in [1.29, 1.82) is 0 Å². The maximum Gasteiger partial charge on any atom is 0.263 e. The Balaban J connectivity index is 2.12. The number of nitrogens with two attached hydrogens (primary N) is 1. The van der Waals surface area contributed by atoms with Crippen LogP contribution in [0.15, 0.2) is 24.3 Å². The van der Waals surface area contributed by atoms with Gasteiger partial charge in [0.05, 0.1) is 0 Å². The minimum absolute atomic E-state index is 0.103. The number of likely N-dealkylation sites (tertiary alicyclic amines) is 1. The van der Waals surface area contributed by atoms with E-state index in [-0.39, 0.29) is 5.56 Å². The molecule has 4 heteroatoms. The van der Waals surface area contributed by atoms with Crippen LogP contribution in [-0.4, -0.2) is 23.5 Å². The van der Waals surface area contributed by atoms with Crippen LogP contribution in [0.25, 0.3) is 0 Å². The number of rotatable bonds is 4. The molecular weight excluding hydrogens is 246 g/mol. The van der Waals surface area contributed by atoms with Gasteiger partial charge in [-0.3, -0.25) is 4.90 Å². The van der Waals surface area contributed by atoms with Crippen molar-refractivity contribution in [3.8, 4) is 0 Å². The molecule has 1 heterocycles. The highest BCUT2D eigenvalue weighted by Crippen LogP contribution is 2.26. The van der Waals surface area contributed by atoms with E-state index in [0.29, 0.717) is 25.2 Å². The zero-order chi connectivity index (χ0) is 13.8. The molecule has 0 aromatic heterocycles. The van der Waals surface area contributed by atoms with Crippen molar-refractivity contribution in [2.45, 2.75) is 51.2 Å². The number of benzene rings is 1. The molecule has 2 nitrogen and oxygen atoms in total. The highest BCUT2D eigenvalue weighted by Gasteiger charge is 2.26. The van der Waals surface area contributed by atoms with E-state index in [0.717, 1.165) is 18.4 Å². The summed E-state index contributed by atoms with van der Waals surface area (Å²) in [5.74, 6) is 0. The van der Waals surface area contributed by atoms with E-state index in [1.807, 2.05) is 6.07 Å². The molecule has 2 rings (SSSR count). The maximum absolute atomic E-state index is 12.7. The SMILES string of the molecule is CC1CCCC(CN)N1Cc1cccc(C(F)F)c1. The zero-order valence-electron chi connectivity index (χ0n) is 11.4. The van der Waals surface area contributed by atoms with Crippen molar-refractivity contribution in [2.75, 3.05) is 6.54 Å². The van der Waals surface area contributed by atoms with Crippen molar-refractivity contribution >= 4 is 0 Å². The third kappa shape index (κ3) is 3.51. The van der Waals surface area contributed by atoms with Gasteiger partial charge in [-0.15, -0.1) is 0 Å². The highest BCUT2D eigenvalue weighted by atomic mass is 19.3. The fraction of sp³-hybridized carbons (Fsp3) is 0.600. The summed E-state index contributed by atoms with van der Waals surface area (Å²) in [6.07, 6.45) is 1.07. The van der Waals surface area contributed by atoms with Crippen molar-refractivity contribution in [2.24, 2.45) is 5.73 Å². The van der Waals surface area contributed by atoms with Gasteiger partial charge in [0.2, 0.25) is 0 Å². The molecule has 0 bridgehead atoms. The molecule has 2 unspecified atom stereocenters. The monoisotopic (exact) mass is 268 g/mol. The van der Waals surface area contributed by atoms with Gasteiger partial charge in [-0.1, -0.05) is 24.6 Å². The average Bonchev–Trinajstić information content (AvgIpc) is 2.41. The lowest BCUT2D eigenvalue weighted by molar-refractivity contribution is 0.0890. The molecule has 2 atom stereocenters. The second-order valence-electron chi connectivity index (χ2n) is 5.39. The minimum Gasteiger partial charge on any atom is -0.329 e. The molecular formula is C15H22F2N2. The molecule has 0 saturated carbocycles. The van der Waals surface area contributed by atoms with Gasteiger partial charge in [-0.2, -0.15) is 0 Å². The number of hydrogen-bond acceptors (Lipinski definition) is 2. The molecule has 0 amide bonds. The van der Waals surface area contributed by atoms with Crippen molar-refractivity contribution in [3.05, 3.63) is 35.4 Å². The van der Waals surface area contributed by atoms with Crippen molar-refractivity contribution in [1.82, 2.24) is 4.90 Å². The Labute approximate surface area is 113 Å². The fourth-order valence-electron chi connectivity index (χ4n) is 2.92. The Morgan fingerprint density at radius 3 is 2.84 bits per heavy atom. The van der Waals surface area contributed by atoms with Crippen LogP contribution < -0.4 is 5.73 Å². The van der Waals surface area contributed by atoms with Crippen LogP contribution in [-0.2, 0) is 6.54 Å². The predicted octanol–water partition coefficient (Wildman–Crippen LogP) is 3.33. The third-order valence-corrected chi connectivity index (χ3v) is 4.03. The summed E-state index contributed by atoms with van der Waals surface area (Å²) in [6.45, 7) is 3.54. The zero-order valence-corrected chi connectivity index (χ0v) is 11.4. The molecule has 0 aliphatic carbocycles. The van der Waals surface area contributed by atoms with Crippen LogP contribution in [0.2, 0.25) is 0 Å². The summed E-state index contributed by atoms with van der Waals surface area (Å²) < 4.78 is 25.4. The quantitative estimate of drug-likeness (QED) is 0.907. The van der Waals surface area contributed by atoms with Crippen LogP contribution in [0.5, 0.6) is 0 Å². The summed E-state index contributed by atoms with van der Waals surface area (Å²) in [4.78, 5) is 2.36. The first-order valence-corrected chi connectivity index (χ1v) is 6.94. The fourth-order valence-corrected chi connectivity index (χ4v) is 2.92. The van der Waals surface area contributed by atoms with Gasteiger partial charge < -0.3 is 5.73 Å². The van der Waals surface area contributed by atoms with Crippen molar-refractivity contribution < 1.29 is 8.78 Å². The van der Waals surface area contributed by atoms with Gasteiger partial charge in [-0.05, 0) is 31.4 Å². The predicted molar refractivity (Wildman–Crippen MR) is 73.1 cm³/mol. The van der Waals surface area contributed by atoms with Crippen LogP contribution in [0.4, 0.5) is 8.78 Å². The van der Waals surface area contributed by atoms with E-state index >= 15 is 0 Å². The molecule has 19 heavy (non-hydrogen) atoms. The molecule has 0 spiro atoms. The molecule has 1 aliphatic heterocycles. The molecule has 1 aliphatic rings. The lowest BCUT2D eigenvalue weighted by atomic mass is 9.95. The van der Waals surface area contributed by atoms with Gasteiger partial charge >= 0.3 is 0 Å². The first-order chi connectivity index (χ1) is 9.11. The van der Waals surface area contributed by atoms with Crippen LogP contribution in [0, 0.1) is 0 Å². The Hall–Kier alpha value is -1.00. The van der Waals surface area contributed by atoms with Crippen molar-refractivity contribution in [3.63, 3.8) is 0 Å². The lowest BCUT2D eigenvalue weighted by Gasteiger charge is -2.40. The molecule has 1 aromatic rings. The summed E-state index contributed by atoms with van der Waals surface area (Å²) in [6, 6.07) is 7.56. The third-order valence-electron chi connectivity index (χ3n) is 4.03. The molecule has 1 saturated heterocycles. The smallest absolute Gasteiger partial charge is 0.263 e. The Morgan fingerprint density at radius 1 is 1.37 bits per heavy atom. The summed E-state index contributed by atoms with van der Waals surface area (Å²) in [7, 11) is 0. The number of halogens is 2. The average molecular weight is 268 g/mol. The highest BCUT2D eigenvalue weighted by molar-refractivity contribution is 5.24. The number of piperidine rings is 1. The molecule has 1 fully saturated rings. The first kappa shape index (κ1) is 14.4. The van der Waals surface area contributed by atoms with E-state index < -0.39 is 6.43 Å². The number of hydrogen-bond donors (Lipinski definition) is 1. The second kappa shape index (κ2) is 6.44. The normalized spacial score (nSPS) is 24.9. The minimum atomic E-state index is -2.40. The number of nitrogens with zero attached hydrogens (tertiary/aromatic N) is 1. The van der Waals surface area contributed by atoms with Gasteiger partial charge in [-0.25, -0.2) is 8.78 Å². The Kier molecular flexibility index (Phi) is 4.88. The van der Waals surface area contributed by atoms with E-state index in [1.165, 1.54) is 12.5 Å².